The first kappa shape index (κ1) is 44.6. The number of amides is 6. The molecular weight excluding hydrogens is 727 g/mol. The van der Waals surface area contributed by atoms with Crippen LogP contribution in [0.1, 0.15) is 102 Å². The SMILES string of the molecule is CC(C)c1cc(C(C)C)c(S(=O)(=O)N2CC2C(=O)NCC(=O)N[C@H](C(=O)NCCC(=O)N[C@@H](Cc2ccccc2)C(=O)NCC(N)=O)C(C)C)c(C(C)C)c1. The Kier molecular flexibility index (Phi) is 15.9. The van der Waals surface area contributed by atoms with Crippen LogP contribution < -0.4 is 32.3 Å². The van der Waals surface area contributed by atoms with Crippen molar-refractivity contribution in [1.82, 2.24) is 30.9 Å². The van der Waals surface area contributed by atoms with Crippen LogP contribution in [0.15, 0.2) is 47.4 Å². The van der Waals surface area contributed by atoms with E-state index in [4.69, 9.17) is 5.73 Å². The van der Waals surface area contributed by atoms with Crippen LogP contribution in [0.5, 0.6) is 0 Å². The zero-order chi connectivity index (χ0) is 41.2. The van der Waals surface area contributed by atoms with Crippen LogP contribution in [-0.2, 0) is 45.2 Å². The van der Waals surface area contributed by atoms with Gasteiger partial charge < -0.3 is 32.3 Å². The minimum Gasteiger partial charge on any atom is -0.368 e. The molecule has 0 saturated carbocycles. The molecule has 3 rings (SSSR count). The van der Waals surface area contributed by atoms with E-state index in [1.807, 2.05) is 45.9 Å². The first-order chi connectivity index (χ1) is 25.7. The Balaban J connectivity index is 1.55. The first-order valence-electron chi connectivity index (χ1n) is 18.7. The van der Waals surface area contributed by atoms with Crippen LogP contribution in [0, 0.1) is 5.92 Å². The highest BCUT2D eigenvalue weighted by Crippen LogP contribution is 2.39. The summed E-state index contributed by atoms with van der Waals surface area (Å²) in [5.41, 5.74) is 8.36. The van der Waals surface area contributed by atoms with Gasteiger partial charge in [0.2, 0.25) is 45.5 Å². The molecule has 0 spiro atoms. The number of carbonyl (C=O) groups excluding carboxylic acids is 6. The third kappa shape index (κ3) is 12.6. The zero-order valence-corrected chi connectivity index (χ0v) is 33.8. The zero-order valence-electron chi connectivity index (χ0n) is 33.0. The summed E-state index contributed by atoms with van der Waals surface area (Å²) < 4.78 is 29.1. The molecule has 0 bridgehead atoms. The second-order valence-electron chi connectivity index (χ2n) is 15.1. The number of sulfonamides is 1. The van der Waals surface area contributed by atoms with E-state index in [1.165, 1.54) is 0 Å². The van der Waals surface area contributed by atoms with E-state index in [0.29, 0.717) is 11.1 Å². The van der Waals surface area contributed by atoms with Gasteiger partial charge in [-0.1, -0.05) is 97.9 Å². The third-order valence-electron chi connectivity index (χ3n) is 9.23. The topological polar surface area (TPSA) is 226 Å². The van der Waals surface area contributed by atoms with Gasteiger partial charge in [0.1, 0.15) is 18.1 Å². The van der Waals surface area contributed by atoms with Crippen molar-refractivity contribution in [2.45, 2.75) is 109 Å². The Morgan fingerprint density at radius 2 is 1.36 bits per heavy atom. The van der Waals surface area contributed by atoms with Crippen molar-refractivity contribution < 1.29 is 37.2 Å². The fourth-order valence-corrected chi connectivity index (χ4v) is 8.17. The molecule has 55 heavy (non-hydrogen) atoms. The molecule has 1 aliphatic rings. The Labute approximate surface area is 324 Å². The molecule has 15 nitrogen and oxygen atoms in total. The van der Waals surface area contributed by atoms with E-state index >= 15 is 0 Å². The molecule has 1 aliphatic heterocycles. The summed E-state index contributed by atoms with van der Waals surface area (Å²) in [6.07, 6.45) is -0.0323. The normalized spacial score (nSPS) is 16.4. The summed E-state index contributed by atoms with van der Waals surface area (Å²) in [7, 11) is -4.03. The number of hydrogen-bond acceptors (Lipinski definition) is 8. The van der Waals surface area contributed by atoms with Gasteiger partial charge >= 0.3 is 0 Å². The maximum atomic E-state index is 14.0. The van der Waals surface area contributed by atoms with Crippen molar-refractivity contribution in [3.05, 3.63) is 64.7 Å². The molecule has 4 atom stereocenters. The monoisotopic (exact) mass is 783 g/mol. The maximum absolute atomic E-state index is 14.0. The second kappa shape index (κ2) is 19.7. The summed E-state index contributed by atoms with van der Waals surface area (Å²) in [4.78, 5) is 75.8. The average Bonchev–Trinajstić information content (AvgIpc) is 3.93. The largest absolute Gasteiger partial charge is 0.368 e. The van der Waals surface area contributed by atoms with Crippen molar-refractivity contribution in [3.63, 3.8) is 0 Å². The lowest BCUT2D eigenvalue weighted by Gasteiger charge is -2.23. The van der Waals surface area contributed by atoms with Crippen molar-refractivity contribution in [3.8, 4) is 0 Å². The molecule has 6 amide bonds. The van der Waals surface area contributed by atoms with E-state index in [0.717, 1.165) is 15.4 Å². The summed E-state index contributed by atoms with van der Waals surface area (Å²) in [6.45, 7) is 14.3. The number of hydrogen-bond donors (Lipinski definition) is 6. The number of carbonyl (C=O) groups is 6. The van der Waals surface area contributed by atoms with Gasteiger partial charge in [-0.15, -0.1) is 0 Å². The Morgan fingerprint density at radius 1 is 0.764 bits per heavy atom. The molecule has 7 N–H and O–H groups in total. The van der Waals surface area contributed by atoms with Crippen LogP contribution in [0.2, 0.25) is 0 Å². The molecule has 1 fully saturated rings. The average molecular weight is 784 g/mol. The molecule has 0 aliphatic carbocycles. The van der Waals surface area contributed by atoms with Crippen LogP contribution in [-0.4, -0.2) is 92.5 Å². The predicted octanol–water partition coefficient (Wildman–Crippen LogP) is 1.52. The summed E-state index contributed by atoms with van der Waals surface area (Å²) >= 11 is 0. The Bertz CT molecular complexity index is 1800. The minimum atomic E-state index is -4.03. The minimum absolute atomic E-state index is 0.0214. The quantitative estimate of drug-likeness (QED) is 0.108. The standard InChI is InChI=1S/C39H57N7O8S/c1-22(2)27-17-28(23(3)4)36(29(18-27)24(5)6)55(53,54)46-21-31(46)38(51)43-20-34(49)45-35(25(7)8)39(52)41-15-14-33(48)44-30(37(50)42-19-32(40)47)16-26-12-10-9-11-13-26/h9-13,17-18,22-25,30-31,35H,14-16,19-21H2,1-8H3,(H2,40,47)(H,41,52)(H,42,50)(H,43,51)(H,44,48)(H,45,49)/t30-,31?,35-,46?/m0/s1. The molecule has 1 heterocycles. The number of nitrogens with two attached hydrogens (primary N) is 1. The van der Waals surface area contributed by atoms with Crippen molar-refractivity contribution in [1.29, 1.82) is 0 Å². The van der Waals surface area contributed by atoms with Crippen LogP contribution in [0.25, 0.3) is 0 Å². The van der Waals surface area contributed by atoms with Gasteiger partial charge in [0.05, 0.1) is 18.0 Å². The van der Waals surface area contributed by atoms with Gasteiger partial charge in [0.25, 0.3) is 0 Å². The number of rotatable bonds is 20. The molecule has 2 aromatic carbocycles. The molecule has 1 saturated heterocycles. The van der Waals surface area contributed by atoms with Gasteiger partial charge in [-0.05, 0) is 45.9 Å². The molecular formula is C39H57N7O8S. The molecule has 302 valence electrons. The van der Waals surface area contributed by atoms with Crippen molar-refractivity contribution >= 4 is 45.5 Å². The molecule has 0 aromatic heterocycles. The maximum Gasteiger partial charge on any atom is 0.244 e. The van der Waals surface area contributed by atoms with Crippen LogP contribution >= 0.6 is 0 Å². The van der Waals surface area contributed by atoms with Crippen molar-refractivity contribution in [2.75, 3.05) is 26.2 Å². The smallest absolute Gasteiger partial charge is 0.244 e. The lowest BCUT2D eigenvalue weighted by molar-refractivity contribution is -0.131. The molecule has 2 unspecified atom stereocenters. The van der Waals surface area contributed by atoms with E-state index in [2.05, 4.69) is 40.4 Å². The number of nitrogens with one attached hydrogen (secondary N) is 5. The lowest BCUT2D eigenvalue weighted by Crippen LogP contribution is -2.53. The fraction of sp³-hybridized carbons (Fsp3) is 0.538. The fourth-order valence-electron chi connectivity index (χ4n) is 5.98. The summed E-state index contributed by atoms with van der Waals surface area (Å²) in [5, 5.41) is 12.7. The Hall–Kier alpha value is -4.83. The molecule has 0 radical (unpaired) electrons. The number of primary amides is 1. The second-order valence-corrected chi connectivity index (χ2v) is 17.0. The highest BCUT2D eigenvalue weighted by molar-refractivity contribution is 7.89. The van der Waals surface area contributed by atoms with Gasteiger partial charge in [0, 0.05) is 25.9 Å². The van der Waals surface area contributed by atoms with E-state index in [9.17, 15) is 37.2 Å². The first-order valence-corrected chi connectivity index (χ1v) is 20.1. The third-order valence-corrected chi connectivity index (χ3v) is 11.2. The van der Waals surface area contributed by atoms with Gasteiger partial charge in [-0.25, -0.2) is 8.42 Å². The van der Waals surface area contributed by atoms with Gasteiger partial charge in [-0.3, -0.25) is 28.8 Å². The molecule has 2 aromatic rings. The van der Waals surface area contributed by atoms with Crippen molar-refractivity contribution in [2.24, 2.45) is 11.7 Å². The van der Waals surface area contributed by atoms with Crippen LogP contribution in [0.3, 0.4) is 0 Å². The number of benzene rings is 2. The highest BCUT2D eigenvalue weighted by Gasteiger charge is 2.50. The van der Waals surface area contributed by atoms with Gasteiger partial charge in [0.15, 0.2) is 0 Å². The molecule has 16 heteroatoms. The Morgan fingerprint density at radius 3 is 1.89 bits per heavy atom. The number of nitrogens with zero attached hydrogens (tertiary/aromatic N) is 1. The van der Waals surface area contributed by atoms with E-state index < -0.39 is 76.7 Å². The highest BCUT2D eigenvalue weighted by atomic mass is 32.2. The van der Waals surface area contributed by atoms with E-state index in [1.54, 1.807) is 38.1 Å². The summed E-state index contributed by atoms with van der Waals surface area (Å²) in [5.74, 6) is -4.03. The van der Waals surface area contributed by atoms with E-state index in [-0.39, 0.29) is 54.5 Å². The summed E-state index contributed by atoms with van der Waals surface area (Å²) in [6, 6.07) is 9.85. The lowest BCUT2D eigenvalue weighted by atomic mass is 9.89. The van der Waals surface area contributed by atoms with Crippen LogP contribution in [0.4, 0.5) is 0 Å². The van der Waals surface area contributed by atoms with Gasteiger partial charge in [-0.2, -0.15) is 4.31 Å². The predicted molar refractivity (Wildman–Crippen MR) is 208 cm³/mol.